The molecule has 1 aliphatic heterocycles. The number of hydrogen-bond acceptors (Lipinski definition) is 4. The Morgan fingerprint density at radius 1 is 1.40 bits per heavy atom. The average molecular weight is 206 g/mol. The van der Waals surface area contributed by atoms with Gasteiger partial charge in [-0.3, -0.25) is 0 Å². The van der Waals surface area contributed by atoms with Crippen LogP contribution in [-0.4, -0.2) is 31.2 Å². The standard InChI is InChI=1S/C11H14N2O2/c1-15-11(14)9-4-5-10(12-8-9)13-6-2-3-7-13/h4-5,8H,2-3,6-7H2,1H3. The number of aromatic nitrogens is 1. The third-order valence-electron chi connectivity index (χ3n) is 2.60. The summed E-state index contributed by atoms with van der Waals surface area (Å²) < 4.78 is 4.61. The zero-order valence-corrected chi connectivity index (χ0v) is 8.77. The van der Waals surface area contributed by atoms with E-state index >= 15 is 0 Å². The molecule has 0 amide bonds. The van der Waals surface area contributed by atoms with E-state index in [9.17, 15) is 4.79 Å². The van der Waals surface area contributed by atoms with Crippen LogP contribution in [0, 0.1) is 0 Å². The maximum atomic E-state index is 11.2. The third kappa shape index (κ3) is 2.09. The maximum absolute atomic E-state index is 11.2. The van der Waals surface area contributed by atoms with E-state index in [1.165, 1.54) is 20.0 Å². The van der Waals surface area contributed by atoms with Gasteiger partial charge in [0.25, 0.3) is 0 Å². The smallest absolute Gasteiger partial charge is 0.339 e. The van der Waals surface area contributed by atoms with Crippen molar-refractivity contribution in [3.8, 4) is 0 Å². The fourth-order valence-corrected chi connectivity index (χ4v) is 1.76. The predicted molar refractivity (Wildman–Crippen MR) is 57.0 cm³/mol. The highest BCUT2D eigenvalue weighted by molar-refractivity contribution is 5.89. The molecule has 1 aromatic rings. The Kier molecular flexibility index (Phi) is 2.85. The minimum atomic E-state index is -0.338. The van der Waals surface area contributed by atoms with Crippen LogP contribution in [0.3, 0.4) is 0 Å². The lowest BCUT2D eigenvalue weighted by molar-refractivity contribution is 0.0600. The van der Waals surface area contributed by atoms with Crippen molar-refractivity contribution < 1.29 is 9.53 Å². The number of rotatable bonds is 2. The molecule has 4 nitrogen and oxygen atoms in total. The van der Waals surface area contributed by atoms with E-state index < -0.39 is 0 Å². The number of methoxy groups -OCH3 is 1. The topological polar surface area (TPSA) is 42.4 Å². The summed E-state index contributed by atoms with van der Waals surface area (Å²) in [5.41, 5.74) is 0.500. The zero-order valence-electron chi connectivity index (χ0n) is 8.77. The number of carbonyl (C=O) groups is 1. The molecule has 1 aromatic heterocycles. The van der Waals surface area contributed by atoms with Crippen LogP contribution in [0.2, 0.25) is 0 Å². The Bertz CT molecular complexity index is 342. The molecule has 1 saturated heterocycles. The zero-order chi connectivity index (χ0) is 10.7. The summed E-state index contributed by atoms with van der Waals surface area (Å²) in [6, 6.07) is 3.63. The minimum Gasteiger partial charge on any atom is -0.465 e. The van der Waals surface area contributed by atoms with Crippen molar-refractivity contribution in [1.82, 2.24) is 4.98 Å². The molecule has 0 N–H and O–H groups in total. The van der Waals surface area contributed by atoms with Gasteiger partial charge in [-0.15, -0.1) is 0 Å². The number of hydrogen-bond donors (Lipinski definition) is 0. The first-order chi connectivity index (χ1) is 7.31. The fraction of sp³-hybridized carbons (Fsp3) is 0.455. The molecule has 0 saturated carbocycles. The van der Waals surface area contributed by atoms with Crippen LogP contribution in [-0.2, 0) is 4.74 Å². The largest absolute Gasteiger partial charge is 0.465 e. The molecule has 0 aliphatic carbocycles. The molecule has 0 atom stereocenters. The Morgan fingerprint density at radius 3 is 2.67 bits per heavy atom. The van der Waals surface area contributed by atoms with Gasteiger partial charge in [-0.2, -0.15) is 0 Å². The Morgan fingerprint density at radius 2 is 2.13 bits per heavy atom. The normalized spacial score (nSPS) is 15.4. The molecule has 1 fully saturated rings. The van der Waals surface area contributed by atoms with E-state index in [0.717, 1.165) is 18.9 Å². The Balaban J connectivity index is 2.12. The van der Waals surface area contributed by atoms with Crippen LogP contribution < -0.4 is 4.90 Å². The van der Waals surface area contributed by atoms with Gasteiger partial charge in [0.1, 0.15) is 5.82 Å². The van der Waals surface area contributed by atoms with Gasteiger partial charge < -0.3 is 9.64 Å². The van der Waals surface area contributed by atoms with E-state index in [4.69, 9.17) is 0 Å². The summed E-state index contributed by atoms with van der Waals surface area (Å²) in [5, 5.41) is 0. The molecule has 2 heterocycles. The number of pyridine rings is 1. The minimum absolute atomic E-state index is 0.338. The van der Waals surface area contributed by atoms with Crippen molar-refractivity contribution in [3.05, 3.63) is 23.9 Å². The van der Waals surface area contributed by atoms with Gasteiger partial charge in [-0.05, 0) is 25.0 Å². The monoisotopic (exact) mass is 206 g/mol. The second kappa shape index (κ2) is 4.29. The van der Waals surface area contributed by atoms with E-state index in [0.29, 0.717) is 5.56 Å². The highest BCUT2D eigenvalue weighted by Gasteiger charge is 2.14. The van der Waals surface area contributed by atoms with Gasteiger partial charge in [-0.25, -0.2) is 9.78 Å². The average Bonchev–Trinajstić information content (AvgIpc) is 2.82. The first kappa shape index (κ1) is 9.96. The van der Waals surface area contributed by atoms with Crippen molar-refractivity contribution >= 4 is 11.8 Å². The van der Waals surface area contributed by atoms with Gasteiger partial charge in [0.15, 0.2) is 0 Å². The maximum Gasteiger partial charge on any atom is 0.339 e. The van der Waals surface area contributed by atoms with E-state index in [1.807, 2.05) is 6.07 Å². The summed E-state index contributed by atoms with van der Waals surface area (Å²) in [4.78, 5) is 17.6. The molecule has 80 valence electrons. The first-order valence-electron chi connectivity index (χ1n) is 5.10. The van der Waals surface area contributed by atoms with Crippen molar-refractivity contribution in [2.24, 2.45) is 0 Å². The highest BCUT2D eigenvalue weighted by atomic mass is 16.5. The lowest BCUT2D eigenvalue weighted by atomic mass is 10.3. The van der Waals surface area contributed by atoms with Crippen LogP contribution in [0.25, 0.3) is 0 Å². The molecular formula is C11H14N2O2. The van der Waals surface area contributed by atoms with Crippen LogP contribution >= 0.6 is 0 Å². The fourth-order valence-electron chi connectivity index (χ4n) is 1.76. The van der Waals surface area contributed by atoms with Crippen molar-refractivity contribution in [2.75, 3.05) is 25.1 Å². The quantitative estimate of drug-likeness (QED) is 0.687. The van der Waals surface area contributed by atoms with Crippen molar-refractivity contribution in [2.45, 2.75) is 12.8 Å². The number of nitrogens with zero attached hydrogens (tertiary/aromatic N) is 2. The Labute approximate surface area is 88.9 Å². The number of ether oxygens (including phenoxy) is 1. The predicted octanol–water partition coefficient (Wildman–Crippen LogP) is 1.47. The molecule has 0 unspecified atom stereocenters. The summed E-state index contributed by atoms with van der Waals surface area (Å²) in [6.45, 7) is 2.12. The second-order valence-corrected chi connectivity index (χ2v) is 3.59. The molecule has 0 bridgehead atoms. The Hall–Kier alpha value is -1.58. The van der Waals surface area contributed by atoms with Crippen LogP contribution in [0.5, 0.6) is 0 Å². The molecule has 0 radical (unpaired) electrons. The van der Waals surface area contributed by atoms with Crippen molar-refractivity contribution in [3.63, 3.8) is 0 Å². The van der Waals surface area contributed by atoms with E-state index in [2.05, 4.69) is 14.6 Å². The molecule has 0 spiro atoms. The van der Waals surface area contributed by atoms with Crippen molar-refractivity contribution in [1.29, 1.82) is 0 Å². The molecular weight excluding hydrogens is 192 g/mol. The second-order valence-electron chi connectivity index (χ2n) is 3.59. The number of esters is 1. The third-order valence-corrected chi connectivity index (χ3v) is 2.60. The summed E-state index contributed by atoms with van der Waals surface area (Å²) in [6.07, 6.45) is 4.01. The number of anilines is 1. The van der Waals surface area contributed by atoms with Gasteiger partial charge in [-0.1, -0.05) is 0 Å². The van der Waals surface area contributed by atoms with Crippen LogP contribution in [0.15, 0.2) is 18.3 Å². The van der Waals surface area contributed by atoms with Gasteiger partial charge in [0, 0.05) is 19.3 Å². The SMILES string of the molecule is COC(=O)c1ccc(N2CCCC2)nc1. The van der Waals surface area contributed by atoms with E-state index in [1.54, 1.807) is 12.3 Å². The van der Waals surface area contributed by atoms with Gasteiger partial charge in [0.05, 0.1) is 12.7 Å². The molecule has 2 rings (SSSR count). The molecule has 0 aromatic carbocycles. The highest BCUT2D eigenvalue weighted by Crippen LogP contribution is 2.17. The summed E-state index contributed by atoms with van der Waals surface area (Å²) in [5.74, 6) is 0.607. The van der Waals surface area contributed by atoms with Gasteiger partial charge in [0.2, 0.25) is 0 Å². The molecule has 15 heavy (non-hydrogen) atoms. The lowest BCUT2D eigenvalue weighted by Crippen LogP contribution is -2.19. The lowest BCUT2D eigenvalue weighted by Gasteiger charge is -2.15. The molecule has 4 heteroatoms. The summed E-state index contributed by atoms with van der Waals surface area (Å²) in [7, 11) is 1.37. The molecule has 1 aliphatic rings. The van der Waals surface area contributed by atoms with Gasteiger partial charge >= 0.3 is 5.97 Å². The van der Waals surface area contributed by atoms with E-state index in [-0.39, 0.29) is 5.97 Å². The number of carbonyl (C=O) groups excluding carboxylic acids is 1. The summed E-state index contributed by atoms with van der Waals surface area (Å²) >= 11 is 0. The van der Waals surface area contributed by atoms with Crippen LogP contribution in [0.1, 0.15) is 23.2 Å². The first-order valence-corrected chi connectivity index (χ1v) is 5.10. The van der Waals surface area contributed by atoms with Crippen LogP contribution in [0.4, 0.5) is 5.82 Å².